The second-order valence-corrected chi connectivity index (χ2v) is 7.58. The normalized spacial score (nSPS) is 15.9. The van der Waals surface area contributed by atoms with Crippen molar-refractivity contribution in [3.05, 3.63) is 88.8 Å². The summed E-state index contributed by atoms with van der Waals surface area (Å²) >= 11 is 0. The molecule has 3 aromatic rings. The number of hydrogen-bond donors (Lipinski definition) is 1. The predicted octanol–water partition coefficient (Wildman–Crippen LogP) is 4.61. The second-order valence-electron chi connectivity index (χ2n) is 7.58. The van der Waals surface area contributed by atoms with Gasteiger partial charge in [0.2, 0.25) is 12.7 Å². The maximum atomic E-state index is 9.87. The van der Waals surface area contributed by atoms with Crippen molar-refractivity contribution in [1.29, 1.82) is 5.26 Å². The molecule has 7 nitrogen and oxygen atoms in total. The Morgan fingerprint density at radius 1 is 0.970 bits per heavy atom. The van der Waals surface area contributed by atoms with Gasteiger partial charge in [-0.15, -0.1) is 0 Å². The Morgan fingerprint density at radius 3 is 2.52 bits per heavy atom. The van der Waals surface area contributed by atoms with Gasteiger partial charge in [0.25, 0.3) is 0 Å². The van der Waals surface area contributed by atoms with Gasteiger partial charge in [-0.05, 0) is 36.2 Å². The number of nitrogens with zero attached hydrogens (tertiary/aromatic N) is 1. The van der Waals surface area contributed by atoms with Gasteiger partial charge in [-0.1, -0.05) is 36.4 Å². The predicted molar refractivity (Wildman–Crippen MR) is 120 cm³/mol. The van der Waals surface area contributed by atoms with Crippen molar-refractivity contribution < 1.29 is 23.7 Å². The minimum Gasteiger partial charge on any atom is -0.490 e. The van der Waals surface area contributed by atoms with E-state index in [1.54, 1.807) is 6.07 Å². The molecule has 1 atom stereocenters. The molecule has 0 bridgehead atoms. The van der Waals surface area contributed by atoms with Crippen LogP contribution in [0.4, 0.5) is 0 Å². The first-order chi connectivity index (χ1) is 16.2. The van der Waals surface area contributed by atoms with Crippen molar-refractivity contribution in [3.63, 3.8) is 0 Å². The first kappa shape index (κ1) is 20.6. The molecule has 166 valence electrons. The zero-order chi connectivity index (χ0) is 22.8. The Bertz CT molecular complexity index is 1260. The first-order valence-corrected chi connectivity index (χ1v) is 10.6. The van der Waals surface area contributed by atoms with E-state index in [1.807, 2.05) is 61.5 Å². The van der Waals surface area contributed by atoms with Crippen LogP contribution in [0.3, 0.4) is 0 Å². The lowest BCUT2D eigenvalue weighted by Gasteiger charge is -2.27. The van der Waals surface area contributed by atoms with E-state index in [4.69, 9.17) is 29.4 Å². The molecule has 2 N–H and O–H groups in total. The average molecular weight is 442 g/mol. The van der Waals surface area contributed by atoms with Gasteiger partial charge in [0, 0.05) is 11.6 Å². The minimum atomic E-state index is -0.448. The molecule has 0 fully saturated rings. The second kappa shape index (κ2) is 8.67. The minimum absolute atomic E-state index is 0.0660. The molecule has 2 aliphatic heterocycles. The molecule has 3 aromatic carbocycles. The monoisotopic (exact) mass is 442 g/mol. The van der Waals surface area contributed by atoms with Gasteiger partial charge in [-0.2, -0.15) is 5.26 Å². The van der Waals surface area contributed by atoms with Crippen molar-refractivity contribution in [1.82, 2.24) is 0 Å². The number of benzene rings is 3. The van der Waals surface area contributed by atoms with E-state index in [1.165, 1.54) is 0 Å². The van der Waals surface area contributed by atoms with E-state index < -0.39 is 5.92 Å². The van der Waals surface area contributed by atoms with Crippen LogP contribution in [0.2, 0.25) is 0 Å². The summed E-state index contributed by atoms with van der Waals surface area (Å²) in [6.45, 7) is 2.94. The van der Waals surface area contributed by atoms with Crippen molar-refractivity contribution >= 4 is 0 Å². The fourth-order valence-electron chi connectivity index (χ4n) is 4.02. The summed E-state index contributed by atoms with van der Waals surface area (Å²) in [6.07, 6.45) is 0. The Labute approximate surface area is 191 Å². The first-order valence-electron chi connectivity index (χ1n) is 10.6. The van der Waals surface area contributed by atoms with Gasteiger partial charge in [-0.25, -0.2) is 0 Å². The molecular formula is C26H22N2O5. The van der Waals surface area contributed by atoms with E-state index in [-0.39, 0.29) is 12.7 Å². The Kier molecular flexibility index (Phi) is 5.41. The maximum Gasteiger partial charge on any atom is 0.231 e. The van der Waals surface area contributed by atoms with Crippen molar-refractivity contribution in [2.45, 2.75) is 19.4 Å². The molecule has 0 aromatic heterocycles. The lowest BCUT2D eigenvalue weighted by atomic mass is 9.83. The molecule has 0 saturated carbocycles. The lowest BCUT2D eigenvalue weighted by Crippen LogP contribution is -2.21. The van der Waals surface area contributed by atoms with Crippen LogP contribution in [-0.4, -0.2) is 13.4 Å². The molecule has 0 radical (unpaired) electrons. The highest BCUT2D eigenvalue weighted by molar-refractivity contribution is 5.62. The Morgan fingerprint density at radius 2 is 1.76 bits per heavy atom. The average Bonchev–Trinajstić information content (AvgIpc) is 3.29. The highest BCUT2D eigenvalue weighted by Crippen LogP contribution is 2.48. The molecular weight excluding hydrogens is 420 g/mol. The van der Waals surface area contributed by atoms with E-state index in [0.29, 0.717) is 47.5 Å². The summed E-state index contributed by atoms with van der Waals surface area (Å²) in [4.78, 5) is 0. The fourth-order valence-corrected chi connectivity index (χ4v) is 4.02. The molecule has 2 aliphatic rings. The van der Waals surface area contributed by atoms with E-state index in [9.17, 15) is 5.26 Å². The number of allylic oxidation sites excluding steroid dienone is 1. The number of hydrogen-bond acceptors (Lipinski definition) is 7. The summed E-state index contributed by atoms with van der Waals surface area (Å²) in [5, 5.41) is 9.87. The highest BCUT2D eigenvalue weighted by Gasteiger charge is 2.33. The smallest absolute Gasteiger partial charge is 0.231 e. The van der Waals surface area contributed by atoms with Gasteiger partial charge in [0.05, 0.1) is 12.5 Å². The van der Waals surface area contributed by atoms with Crippen molar-refractivity contribution in [3.8, 4) is 34.8 Å². The number of nitrogens with two attached hydrogens (primary N) is 1. The molecule has 2 heterocycles. The third kappa shape index (κ3) is 3.87. The summed E-state index contributed by atoms with van der Waals surface area (Å²) < 4.78 is 28.7. The summed E-state index contributed by atoms with van der Waals surface area (Å²) in [6, 6.07) is 21.4. The van der Waals surface area contributed by atoms with Crippen LogP contribution in [0.25, 0.3) is 0 Å². The number of nitriles is 1. The van der Waals surface area contributed by atoms with Gasteiger partial charge in [0.1, 0.15) is 24.0 Å². The van der Waals surface area contributed by atoms with Crippen LogP contribution >= 0.6 is 0 Å². The summed E-state index contributed by atoms with van der Waals surface area (Å²) in [5.74, 6) is 2.55. The zero-order valence-electron chi connectivity index (χ0n) is 18.0. The Hall–Kier alpha value is -4.31. The topological polar surface area (TPSA) is 96.0 Å². The van der Waals surface area contributed by atoms with Crippen LogP contribution in [0.15, 0.2) is 72.1 Å². The molecule has 7 heteroatoms. The summed E-state index contributed by atoms with van der Waals surface area (Å²) in [5.41, 5.74) is 9.10. The van der Waals surface area contributed by atoms with E-state index in [0.717, 1.165) is 16.7 Å². The molecule has 0 spiro atoms. The third-order valence-corrected chi connectivity index (χ3v) is 5.55. The van der Waals surface area contributed by atoms with Crippen LogP contribution in [0.5, 0.6) is 28.7 Å². The van der Waals surface area contributed by atoms with E-state index >= 15 is 0 Å². The molecule has 5 rings (SSSR count). The van der Waals surface area contributed by atoms with Crippen LogP contribution < -0.4 is 29.4 Å². The van der Waals surface area contributed by atoms with Crippen LogP contribution in [0.1, 0.15) is 29.5 Å². The standard InChI is InChI=1S/C26H22N2O5/c1-2-29-22-10-17(8-9-20(22)30-14-16-6-4-3-5-7-16)25-18-11-23-24(32-15-31-23)12-21(18)33-26(28)19(25)13-27/h3-12,25H,2,14-15,28H2,1H3. The van der Waals surface area contributed by atoms with E-state index in [2.05, 4.69) is 6.07 Å². The highest BCUT2D eigenvalue weighted by atomic mass is 16.7. The zero-order valence-corrected chi connectivity index (χ0v) is 18.0. The quantitative estimate of drug-likeness (QED) is 0.595. The third-order valence-electron chi connectivity index (χ3n) is 5.55. The number of ether oxygens (including phenoxy) is 5. The Balaban J connectivity index is 1.54. The van der Waals surface area contributed by atoms with Crippen molar-refractivity contribution in [2.75, 3.05) is 13.4 Å². The molecule has 0 saturated heterocycles. The maximum absolute atomic E-state index is 9.87. The lowest BCUT2D eigenvalue weighted by molar-refractivity contribution is 0.174. The van der Waals surface area contributed by atoms with Gasteiger partial charge >= 0.3 is 0 Å². The molecule has 0 amide bonds. The fraction of sp³-hybridized carbons (Fsp3) is 0.192. The summed E-state index contributed by atoms with van der Waals surface area (Å²) in [7, 11) is 0. The van der Waals surface area contributed by atoms with Gasteiger partial charge < -0.3 is 29.4 Å². The van der Waals surface area contributed by atoms with Crippen LogP contribution in [0, 0.1) is 11.3 Å². The van der Waals surface area contributed by atoms with Gasteiger partial charge in [0.15, 0.2) is 23.0 Å². The molecule has 0 aliphatic carbocycles. The number of rotatable bonds is 6. The molecule has 33 heavy (non-hydrogen) atoms. The van der Waals surface area contributed by atoms with Crippen molar-refractivity contribution in [2.24, 2.45) is 5.73 Å². The van der Waals surface area contributed by atoms with Crippen LogP contribution in [-0.2, 0) is 6.61 Å². The largest absolute Gasteiger partial charge is 0.490 e. The number of fused-ring (bicyclic) bond motifs is 2. The van der Waals surface area contributed by atoms with Gasteiger partial charge in [-0.3, -0.25) is 0 Å². The SMILES string of the molecule is CCOc1cc(C2C(C#N)=C(N)Oc3cc4c(cc32)OCO4)ccc1OCc1ccccc1. The molecule has 1 unspecified atom stereocenters.